The second-order valence-corrected chi connectivity index (χ2v) is 3.66. The molecule has 0 spiro atoms. The lowest BCUT2D eigenvalue weighted by atomic mass is 10.2. The lowest BCUT2D eigenvalue weighted by molar-refractivity contribution is 0.0940. The number of aromatic amines is 1. The van der Waals surface area contributed by atoms with Gasteiger partial charge in [0, 0.05) is 12.1 Å². The van der Waals surface area contributed by atoms with Crippen LogP contribution in [0.25, 0.3) is 0 Å². The average Bonchev–Trinajstić information content (AvgIpc) is 2.98. The minimum atomic E-state index is -0.355. The van der Waals surface area contributed by atoms with Gasteiger partial charge in [-0.25, -0.2) is 4.98 Å². The molecule has 2 aromatic rings. The zero-order valence-electron chi connectivity index (χ0n) is 10.6. The molecule has 0 saturated carbocycles. The molecule has 1 heterocycles. The summed E-state index contributed by atoms with van der Waals surface area (Å²) in [6, 6.07) is 5.47. The standard InChI is InChI=1S/C12H14N4O3/c1-18-9-5-3-4-8(10(9)19-2)6-13-12(17)11-14-7-15-16-11/h3-5,7H,6H2,1-2H3,(H,13,17)(H,14,15,16). The Kier molecular flexibility index (Phi) is 3.97. The SMILES string of the molecule is COc1cccc(CNC(=O)c2nc[nH]n2)c1OC. The first-order chi connectivity index (χ1) is 9.26. The number of ether oxygens (including phenoxy) is 2. The molecule has 0 aliphatic rings. The number of carbonyl (C=O) groups excluding carboxylic acids is 1. The molecule has 0 radical (unpaired) electrons. The van der Waals surface area contributed by atoms with E-state index in [2.05, 4.69) is 20.5 Å². The van der Waals surface area contributed by atoms with Crippen LogP contribution in [-0.4, -0.2) is 35.3 Å². The summed E-state index contributed by atoms with van der Waals surface area (Å²) in [6.45, 7) is 0.299. The largest absolute Gasteiger partial charge is 0.493 e. The van der Waals surface area contributed by atoms with Crippen LogP contribution < -0.4 is 14.8 Å². The third-order valence-corrected chi connectivity index (χ3v) is 2.54. The van der Waals surface area contributed by atoms with Crippen molar-refractivity contribution in [1.82, 2.24) is 20.5 Å². The molecular weight excluding hydrogens is 248 g/mol. The summed E-state index contributed by atoms with van der Waals surface area (Å²) in [5.74, 6) is 0.959. The van der Waals surface area contributed by atoms with Gasteiger partial charge in [0.25, 0.3) is 5.91 Å². The van der Waals surface area contributed by atoms with Gasteiger partial charge < -0.3 is 14.8 Å². The number of hydrogen-bond donors (Lipinski definition) is 2. The molecule has 0 atom stereocenters. The summed E-state index contributed by atoms with van der Waals surface area (Å²) in [5.41, 5.74) is 0.811. The predicted octanol–water partition coefficient (Wildman–Crippen LogP) is 0.752. The monoisotopic (exact) mass is 262 g/mol. The highest BCUT2D eigenvalue weighted by atomic mass is 16.5. The fourth-order valence-corrected chi connectivity index (χ4v) is 1.67. The first-order valence-electron chi connectivity index (χ1n) is 5.60. The highest BCUT2D eigenvalue weighted by molar-refractivity contribution is 5.90. The van der Waals surface area contributed by atoms with E-state index in [1.165, 1.54) is 6.33 Å². The Hall–Kier alpha value is -2.57. The molecule has 1 aromatic heterocycles. The van der Waals surface area contributed by atoms with E-state index in [4.69, 9.17) is 9.47 Å². The van der Waals surface area contributed by atoms with E-state index in [0.717, 1.165) is 5.56 Å². The number of benzene rings is 1. The zero-order valence-corrected chi connectivity index (χ0v) is 10.6. The topological polar surface area (TPSA) is 89.1 Å². The van der Waals surface area contributed by atoms with Gasteiger partial charge in [-0.2, -0.15) is 0 Å². The molecule has 1 aromatic carbocycles. The van der Waals surface area contributed by atoms with Crippen molar-refractivity contribution < 1.29 is 14.3 Å². The van der Waals surface area contributed by atoms with Crippen molar-refractivity contribution in [3.8, 4) is 11.5 Å². The highest BCUT2D eigenvalue weighted by Crippen LogP contribution is 2.30. The Morgan fingerprint density at radius 2 is 2.21 bits per heavy atom. The number of nitrogens with zero attached hydrogens (tertiary/aromatic N) is 2. The second kappa shape index (κ2) is 5.85. The van der Waals surface area contributed by atoms with E-state index in [9.17, 15) is 4.79 Å². The van der Waals surface area contributed by atoms with Gasteiger partial charge in [0.2, 0.25) is 5.82 Å². The van der Waals surface area contributed by atoms with E-state index >= 15 is 0 Å². The van der Waals surface area contributed by atoms with Crippen LogP contribution in [0.4, 0.5) is 0 Å². The van der Waals surface area contributed by atoms with Crippen LogP contribution in [0.5, 0.6) is 11.5 Å². The smallest absolute Gasteiger partial charge is 0.291 e. The predicted molar refractivity (Wildman–Crippen MR) is 67.1 cm³/mol. The number of H-pyrrole nitrogens is 1. The van der Waals surface area contributed by atoms with Crippen LogP contribution in [0.2, 0.25) is 0 Å². The van der Waals surface area contributed by atoms with Crippen molar-refractivity contribution >= 4 is 5.91 Å². The van der Waals surface area contributed by atoms with Crippen LogP contribution >= 0.6 is 0 Å². The molecule has 100 valence electrons. The first kappa shape index (κ1) is 12.9. The number of aromatic nitrogens is 3. The summed E-state index contributed by atoms with van der Waals surface area (Å²) in [5, 5.41) is 8.89. The summed E-state index contributed by atoms with van der Waals surface area (Å²) in [4.78, 5) is 15.5. The van der Waals surface area contributed by atoms with E-state index < -0.39 is 0 Å². The van der Waals surface area contributed by atoms with E-state index in [0.29, 0.717) is 18.0 Å². The van der Waals surface area contributed by atoms with E-state index in [-0.39, 0.29) is 11.7 Å². The molecule has 2 N–H and O–H groups in total. The summed E-state index contributed by atoms with van der Waals surface area (Å²) < 4.78 is 10.5. The van der Waals surface area contributed by atoms with Crippen LogP contribution in [0.15, 0.2) is 24.5 Å². The van der Waals surface area contributed by atoms with E-state index in [1.807, 2.05) is 12.1 Å². The van der Waals surface area contributed by atoms with Gasteiger partial charge in [-0.3, -0.25) is 9.89 Å². The quantitative estimate of drug-likeness (QED) is 0.830. The average molecular weight is 262 g/mol. The molecular formula is C12H14N4O3. The molecule has 7 heteroatoms. The number of rotatable bonds is 5. The Morgan fingerprint density at radius 3 is 2.84 bits per heavy atom. The van der Waals surface area contributed by atoms with Gasteiger partial charge in [0.05, 0.1) is 14.2 Å². The van der Waals surface area contributed by atoms with Crippen molar-refractivity contribution in [3.05, 3.63) is 35.9 Å². The van der Waals surface area contributed by atoms with Crippen molar-refractivity contribution in [3.63, 3.8) is 0 Å². The molecule has 2 rings (SSSR count). The summed E-state index contributed by atoms with van der Waals surface area (Å²) in [6.07, 6.45) is 1.35. The Bertz CT molecular complexity index is 554. The van der Waals surface area contributed by atoms with Crippen molar-refractivity contribution in [2.75, 3.05) is 14.2 Å². The molecule has 7 nitrogen and oxygen atoms in total. The van der Waals surface area contributed by atoms with Gasteiger partial charge in [0.1, 0.15) is 6.33 Å². The van der Waals surface area contributed by atoms with Gasteiger partial charge in [-0.05, 0) is 6.07 Å². The zero-order chi connectivity index (χ0) is 13.7. The van der Waals surface area contributed by atoms with Crippen molar-refractivity contribution in [2.45, 2.75) is 6.54 Å². The molecule has 0 aliphatic carbocycles. The second-order valence-electron chi connectivity index (χ2n) is 3.66. The summed E-state index contributed by atoms with van der Waals surface area (Å²) in [7, 11) is 3.12. The minimum Gasteiger partial charge on any atom is -0.493 e. The minimum absolute atomic E-state index is 0.0989. The van der Waals surface area contributed by atoms with E-state index in [1.54, 1.807) is 20.3 Å². The van der Waals surface area contributed by atoms with Gasteiger partial charge in [-0.15, -0.1) is 5.10 Å². The molecule has 19 heavy (non-hydrogen) atoms. The number of carbonyl (C=O) groups is 1. The highest BCUT2D eigenvalue weighted by Gasteiger charge is 2.12. The maximum atomic E-state index is 11.7. The maximum absolute atomic E-state index is 11.7. The van der Waals surface area contributed by atoms with Crippen LogP contribution in [0, 0.1) is 0 Å². The fourth-order valence-electron chi connectivity index (χ4n) is 1.67. The van der Waals surface area contributed by atoms with Gasteiger partial charge in [-0.1, -0.05) is 12.1 Å². The molecule has 0 aliphatic heterocycles. The number of para-hydroxylation sites is 1. The Morgan fingerprint density at radius 1 is 1.37 bits per heavy atom. The van der Waals surface area contributed by atoms with Gasteiger partial charge >= 0.3 is 0 Å². The first-order valence-corrected chi connectivity index (χ1v) is 5.60. The lowest BCUT2D eigenvalue weighted by Crippen LogP contribution is -2.24. The maximum Gasteiger partial charge on any atom is 0.291 e. The number of amides is 1. The molecule has 0 saturated heterocycles. The van der Waals surface area contributed by atoms with Gasteiger partial charge in [0.15, 0.2) is 11.5 Å². The number of methoxy groups -OCH3 is 2. The molecule has 0 fully saturated rings. The third kappa shape index (κ3) is 2.82. The van der Waals surface area contributed by atoms with Crippen LogP contribution in [-0.2, 0) is 6.54 Å². The molecule has 0 unspecified atom stereocenters. The number of nitrogens with one attached hydrogen (secondary N) is 2. The van der Waals surface area contributed by atoms with Crippen molar-refractivity contribution in [1.29, 1.82) is 0 Å². The van der Waals surface area contributed by atoms with Crippen molar-refractivity contribution in [2.24, 2.45) is 0 Å². The molecule has 0 bridgehead atoms. The molecule has 1 amide bonds. The van der Waals surface area contributed by atoms with Crippen LogP contribution in [0.3, 0.4) is 0 Å². The third-order valence-electron chi connectivity index (χ3n) is 2.54. The normalized spacial score (nSPS) is 10.0. The lowest BCUT2D eigenvalue weighted by Gasteiger charge is -2.12. The number of hydrogen-bond acceptors (Lipinski definition) is 5. The fraction of sp³-hybridized carbons (Fsp3) is 0.250. The van der Waals surface area contributed by atoms with Crippen LogP contribution in [0.1, 0.15) is 16.2 Å². The summed E-state index contributed by atoms with van der Waals surface area (Å²) >= 11 is 0. The Labute approximate surface area is 110 Å². The Balaban J connectivity index is 2.09.